The molecule has 5 nitrogen and oxygen atoms in total. The van der Waals surface area contributed by atoms with Crippen LogP contribution < -0.4 is 5.43 Å². The standard InChI is InChI=1S/C16H16N2O3/c19-15-12-3-1-2-11-4-5-18(14(11)12)10-13(15)16(20)17-6-8-21-9-7-17/h1-3,10H,4-9H2. The van der Waals surface area contributed by atoms with Gasteiger partial charge >= 0.3 is 0 Å². The van der Waals surface area contributed by atoms with Crippen LogP contribution >= 0.6 is 0 Å². The second-order valence-corrected chi connectivity index (χ2v) is 5.53. The van der Waals surface area contributed by atoms with Gasteiger partial charge in [-0.15, -0.1) is 0 Å². The average Bonchev–Trinajstić information content (AvgIpc) is 2.95. The lowest BCUT2D eigenvalue weighted by atomic mass is 10.1. The van der Waals surface area contributed by atoms with E-state index in [0.29, 0.717) is 31.7 Å². The number of morpholine rings is 1. The smallest absolute Gasteiger partial charge is 0.259 e. The van der Waals surface area contributed by atoms with Crippen molar-refractivity contribution in [2.24, 2.45) is 0 Å². The summed E-state index contributed by atoms with van der Waals surface area (Å²) in [6.07, 6.45) is 2.66. The number of hydrogen-bond donors (Lipinski definition) is 0. The average molecular weight is 284 g/mol. The van der Waals surface area contributed by atoms with Gasteiger partial charge in [0, 0.05) is 31.2 Å². The summed E-state index contributed by atoms with van der Waals surface area (Å²) in [5.74, 6) is -0.175. The van der Waals surface area contributed by atoms with Gasteiger partial charge in [-0.2, -0.15) is 0 Å². The number of carbonyl (C=O) groups is 1. The molecule has 1 aromatic heterocycles. The van der Waals surface area contributed by atoms with Crippen molar-refractivity contribution in [1.82, 2.24) is 9.47 Å². The molecule has 1 amide bonds. The van der Waals surface area contributed by atoms with E-state index in [0.717, 1.165) is 18.5 Å². The Kier molecular flexibility index (Phi) is 2.82. The second-order valence-electron chi connectivity index (χ2n) is 5.53. The summed E-state index contributed by atoms with van der Waals surface area (Å²) in [4.78, 5) is 27.0. The van der Waals surface area contributed by atoms with E-state index in [1.165, 1.54) is 5.56 Å². The first kappa shape index (κ1) is 12.6. The minimum absolute atomic E-state index is 0.151. The number of carbonyl (C=O) groups excluding carboxylic acids is 1. The Bertz CT molecular complexity index is 788. The Labute approximate surface area is 121 Å². The van der Waals surface area contributed by atoms with Gasteiger partial charge < -0.3 is 14.2 Å². The molecule has 1 aromatic carbocycles. The molecule has 0 atom stereocenters. The number of amides is 1. The lowest BCUT2D eigenvalue weighted by molar-refractivity contribution is 0.0301. The summed E-state index contributed by atoms with van der Waals surface area (Å²) in [6.45, 7) is 3.02. The summed E-state index contributed by atoms with van der Waals surface area (Å²) in [5.41, 5.74) is 2.31. The number of para-hydroxylation sites is 1. The topological polar surface area (TPSA) is 51.5 Å². The van der Waals surface area contributed by atoms with Gasteiger partial charge in [0.15, 0.2) is 0 Å². The van der Waals surface area contributed by atoms with Gasteiger partial charge in [-0.3, -0.25) is 9.59 Å². The van der Waals surface area contributed by atoms with Crippen molar-refractivity contribution in [2.75, 3.05) is 26.3 Å². The first-order chi connectivity index (χ1) is 10.3. The van der Waals surface area contributed by atoms with E-state index >= 15 is 0 Å². The molecule has 2 aliphatic rings. The van der Waals surface area contributed by atoms with Gasteiger partial charge in [-0.25, -0.2) is 0 Å². The molecule has 0 aliphatic carbocycles. The normalized spacial score (nSPS) is 17.4. The summed E-state index contributed by atoms with van der Waals surface area (Å²) < 4.78 is 7.30. The molecule has 0 bridgehead atoms. The van der Waals surface area contributed by atoms with Crippen molar-refractivity contribution in [3.8, 4) is 0 Å². The molecule has 0 radical (unpaired) electrons. The Morgan fingerprint density at radius 1 is 1.14 bits per heavy atom. The molecule has 1 saturated heterocycles. The highest BCUT2D eigenvalue weighted by atomic mass is 16.5. The minimum Gasteiger partial charge on any atom is -0.378 e. The molecule has 0 saturated carbocycles. The predicted molar refractivity (Wildman–Crippen MR) is 78.6 cm³/mol. The largest absolute Gasteiger partial charge is 0.378 e. The summed E-state index contributed by atoms with van der Waals surface area (Å²) >= 11 is 0. The van der Waals surface area contributed by atoms with Crippen molar-refractivity contribution in [1.29, 1.82) is 0 Å². The molecule has 4 rings (SSSR count). The van der Waals surface area contributed by atoms with E-state index in [4.69, 9.17) is 4.74 Å². The molecule has 0 N–H and O–H groups in total. The maximum absolute atomic E-state index is 12.7. The molecule has 5 heteroatoms. The fourth-order valence-electron chi connectivity index (χ4n) is 3.25. The molecule has 108 valence electrons. The van der Waals surface area contributed by atoms with Crippen molar-refractivity contribution in [2.45, 2.75) is 13.0 Å². The van der Waals surface area contributed by atoms with Crippen LogP contribution in [0.25, 0.3) is 10.9 Å². The third-order valence-electron chi connectivity index (χ3n) is 4.33. The van der Waals surface area contributed by atoms with Crippen LogP contribution in [0.1, 0.15) is 15.9 Å². The van der Waals surface area contributed by atoms with Crippen LogP contribution in [0.5, 0.6) is 0 Å². The van der Waals surface area contributed by atoms with Gasteiger partial charge in [0.05, 0.1) is 18.7 Å². The number of ether oxygens (including phenoxy) is 1. The molecule has 0 unspecified atom stereocenters. The van der Waals surface area contributed by atoms with E-state index in [9.17, 15) is 9.59 Å². The van der Waals surface area contributed by atoms with Crippen LogP contribution in [0, 0.1) is 0 Å². The van der Waals surface area contributed by atoms with Gasteiger partial charge in [0.25, 0.3) is 5.91 Å². The molecule has 1 fully saturated rings. The Morgan fingerprint density at radius 3 is 2.76 bits per heavy atom. The van der Waals surface area contributed by atoms with Crippen molar-refractivity contribution >= 4 is 16.8 Å². The fourth-order valence-corrected chi connectivity index (χ4v) is 3.25. The zero-order valence-corrected chi connectivity index (χ0v) is 11.7. The lowest BCUT2D eigenvalue weighted by Gasteiger charge is -2.26. The summed E-state index contributed by atoms with van der Waals surface area (Å²) in [7, 11) is 0. The van der Waals surface area contributed by atoms with Crippen LogP contribution in [-0.2, 0) is 17.7 Å². The van der Waals surface area contributed by atoms with Crippen LogP contribution in [-0.4, -0.2) is 41.7 Å². The Morgan fingerprint density at radius 2 is 1.95 bits per heavy atom. The highest BCUT2D eigenvalue weighted by Crippen LogP contribution is 2.24. The monoisotopic (exact) mass is 284 g/mol. The van der Waals surface area contributed by atoms with Crippen LogP contribution in [0.3, 0.4) is 0 Å². The fraction of sp³-hybridized carbons (Fsp3) is 0.375. The van der Waals surface area contributed by atoms with Crippen molar-refractivity contribution in [3.63, 3.8) is 0 Å². The zero-order chi connectivity index (χ0) is 14.4. The first-order valence-corrected chi connectivity index (χ1v) is 7.28. The number of rotatable bonds is 1. The van der Waals surface area contributed by atoms with Gasteiger partial charge in [0.1, 0.15) is 5.56 Å². The second kappa shape index (κ2) is 4.70. The van der Waals surface area contributed by atoms with E-state index in [1.807, 2.05) is 16.7 Å². The molecular formula is C16H16N2O3. The number of pyridine rings is 1. The Balaban J connectivity index is 1.86. The minimum atomic E-state index is -0.175. The van der Waals surface area contributed by atoms with Crippen molar-refractivity contribution < 1.29 is 9.53 Å². The van der Waals surface area contributed by atoms with Crippen molar-refractivity contribution in [3.05, 3.63) is 45.7 Å². The van der Waals surface area contributed by atoms with E-state index in [-0.39, 0.29) is 16.9 Å². The van der Waals surface area contributed by atoms with Gasteiger partial charge in [-0.1, -0.05) is 12.1 Å². The number of benzene rings is 1. The molecule has 3 heterocycles. The highest BCUT2D eigenvalue weighted by molar-refractivity contribution is 5.98. The number of nitrogens with zero attached hydrogens (tertiary/aromatic N) is 2. The van der Waals surface area contributed by atoms with Crippen LogP contribution in [0.2, 0.25) is 0 Å². The zero-order valence-electron chi connectivity index (χ0n) is 11.7. The SMILES string of the molecule is O=C(c1cn2c3c(cccc3c1=O)CC2)N1CCOCC1. The maximum Gasteiger partial charge on any atom is 0.259 e. The lowest BCUT2D eigenvalue weighted by Crippen LogP contribution is -2.42. The first-order valence-electron chi connectivity index (χ1n) is 7.28. The number of hydrogen-bond acceptors (Lipinski definition) is 3. The third-order valence-corrected chi connectivity index (χ3v) is 4.33. The maximum atomic E-state index is 12.7. The number of aromatic nitrogens is 1. The highest BCUT2D eigenvalue weighted by Gasteiger charge is 2.24. The molecular weight excluding hydrogens is 268 g/mol. The quantitative estimate of drug-likeness (QED) is 0.786. The van der Waals surface area contributed by atoms with E-state index in [1.54, 1.807) is 11.1 Å². The van der Waals surface area contributed by atoms with E-state index < -0.39 is 0 Å². The van der Waals surface area contributed by atoms with Crippen LogP contribution in [0.4, 0.5) is 0 Å². The van der Waals surface area contributed by atoms with Crippen LogP contribution in [0.15, 0.2) is 29.2 Å². The summed E-state index contributed by atoms with van der Waals surface area (Å²) in [5, 5.41) is 0.657. The van der Waals surface area contributed by atoms with Gasteiger partial charge in [-0.05, 0) is 18.1 Å². The molecule has 21 heavy (non-hydrogen) atoms. The Hall–Kier alpha value is -2.14. The predicted octanol–water partition coefficient (Wildman–Crippen LogP) is 1.03. The van der Waals surface area contributed by atoms with E-state index in [2.05, 4.69) is 6.07 Å². The van der Waals surface area contributed by atoms with Gasteiger partial charge in [0.2, 0.25) is 5.43 Å². The third kappa shape index (κ3) is 1.88. The summed E-state index contributed by atoms with van der Waals surface area (Å²) in [6, 6.07) is 5.77. The molecule has 2 aliphatic heterocycles. The molecule has 0 spiro atoms. The number of aryl methyl sites for hydroxylation is 2. The molecule has 2 aromatic rings.